The first-order valence-electron chi connectivity index (χ1n) is 9.47. The lowest BCUT2D eigenvalue weighted by Gasteiger charge is -2.23. The molecule has 0 aliphatic rings. The second-order valence-corrected chi connectivity index (χ2v) is 6.58. The maximum absolute atomic E-state index is 12.2. The van der Waals surface area contributed by atoms with E-state index in [2.05, 4.69) is 34.7 Å². The second kappa shape index (κ2) is 11.0. The van der Waals surface area contributed by atoms with Crippen LogP contribution in [0.2, 0.25) is 0 Å². The summed E-state index contributed by atoms with van der Waals surface area (Å²) in [5.41, 5.74) is 3.49. The molecule has 0 fully saturated rings. The Bertz CT molecular complexity index is 787. The predicted molar refractivity (Wildman–Crippen MR) is 113 cm³/mol. The zero-order chi connectivity index (χ0) is 20.4. The van der Waals surface area contributed by atoms with E-state index >= 15 is 0 Å². The molecule has 0 bridgehead atoms. The SMILES string of the molecule is CCNC(=NCC(=O)NCc1ccc(OC)cc1)N(C)Cc1ccccc1C. The van der Waals surface area contributed by atoms with Gasteiger partial charge < -0.3 is 20.3 Å². The summed E-state index contributed by atoms with van der Waals surface area (Å²) in [4.78, 5) is 18.7. The van der Waals surface area contributed by atoms with Crippen molar-refractivity contribution in [2.45, 2.75) is 26.9 Å². The number of nitrogens with one attached hydrogen (secondary N) is 2. The molecule has 28 heavy (non-hydrogen) atoms. The lowest BCUT2D eigenvalue weighted by Crippen LogP contribution is -2.39. The van der Waals surface area contributed by atoms with E-state index in [1.165, 1.54) is 11.1 Å². The van der Waals surface area contributed by atoms with E-state index in [1.54, 1.807) is 7.11 Å². The molecule has 0 heterocycles. The minimum atomic E-state index is -0.115. The fourth-order valence-corrected chi connectivity index (χ4v) is 2.73. The van der Waals surface area contributed by atoms with Crippen molar-refractivity contribution >= 4 is 11.9 Å². The first-order chi connectivity index (χ1) is 13.5. The minimum absolute atomic E-state index is 0.0800. The van der Waals surface area contributed by atoms with E-state index in [9.17, 15) is 4.79 Å². The number of hydrogen-bond donors (Lipinski definition) is 2. The van der Waals surface area contributed by atoms with Crippen LogP contribution in [0.15, 0.2) is 53.5 Å². The largest absolute Gasteiger partial charge is 0.497 e. The summed E-state index contributed by atoms with van der Waals surface area (Å²) >= 11 is 0. The Morgan fingerprint density at radius 1 is 1.11 bits per heavy atom. The van der Waals surface area contributed by atoms with Crippen LogP contribution in [-0.2, 0) is 17.9 Å². The van der Waals surface area contributed by atoms with Crippen molar-refractivity contribution < 1.29 is 9.53 Å². The zero-order valence-corrected chi connectivity index (χ0v) is 17.2. The van der Waals surface area contributed by atoms with Crippen molar-refractivity contribution in [2.24, 2.45) is 4.99 Å². The Morgan fingerprint density at radius 2 is 1.82 bits per heavy atom. The highest BCUT2D eigenvalue weighted by molar-refractivity contribution is 5.84. The van der Waals surface area contributed by atoms with Crippen LogP contribution in [-0.4, -0.2) is 44.0 Å². The summed E-state index contributed by atoms with van der Waals surface area (Å²) in [6.07, 6.45) is 0. The monoisotopic (exact) mass is 382 g/mol. The van der Waals surface area contributed by atoms with Crippen LogP contribution in [0.3, 0.4) is 0 Å². The third-order valence-corrected chi connectivity index (χ3v) is 4.39. The maximum atomic E-state index is 12.2. The van der Waals surface area contributed by atoms with E-state index in [-0.39, 0.29) is 12.5 Å². The van der Waals surface area contributed by atoms with Crippen molar-refractivity contribution in [3.05, 3.63) is 65.2 Å². The maximum Gasteiger partial charge on any atom is 0.242 e. The van der Waals surface area contributed by atoms with Gasteiger partial charge in [-0.15, -0.1) is 0 Å². The number of aliphatic imine (C=N–C) groups is 1. The van der Waals surface area contributed by atoms with Gasteiger partial charge in [-0.1, -0.05) is 36.4 Å². The molecule has 0 aromatic heterocycles. The molecule has 0 aliphatic carbocycles. The third-order valence-electron chi connectivity index (χ3n) is 4.39. The molecule has 6 heteroatoms. The van der Waals surface area contributed by atoms with Crippen LogP contribution in [0.4, 0.5) is 0 Å². The molecular weight excluding hydrogens is 352 g/mol. The van der Waals surface area contributed by atoms with Gasteiger partial charge in [0, 0.05) is 26.7 Å². The van der Waals surface area contributed by atoms with E-state index in [1.807, 2.05) is 55.3 Å². The van der Waals surface area contributed by atoms with Gasteiger partial charge in [-0.05, 0) is 42.7 Å². The zero-order valence-electron chi connectivity index (χ0n) is 17.2. The van der Waals surface area contributed by atoms with Gasteiger partial charge in [-0.3, -0.25) is 4.79 Å². The molecule has 0 saturated carbocycles. The van der Waals surface area contributed by atoms with E-state index < -0.39 is 0 Å². The van der Waals surface area contributed by atoms with Gasteiger partial charge >= 0.3 is 0 Å². The van der Waals surface area contributed by atoms with Gasteiger partial charge in [0.25, 0.3) is 0 Å². The molecule has 0 spiro atoms. The van der Waals surface area contributed by atoms with Crippen molar-refractivity contribution in [3.63, 3.8) is 0 Å². The molecule has 2 rings (SSSR count). The lowest BCUT2D eigenvalue weighted by molar-refractivity contribution is -0.119. The third kappa shape index (κ3) is 6.61. The topological polar surface area (TPSA) is 66.0 Å². The van der Waals surface area contributed by atoms with E-state index in [4.69, 9.17) is 4.74 Å². The highest BCUT2D eigenvalue weighted by Gasteiger charge is 2.09. The number of carbonyl (C=O) groups excluding carboxylic acids is 1. The molecule has 2 aromatic carbocycles. The van der Waals surface area contributed by atoms with Gasteiger partial charge in [0.2, 0.25) is 5.91 Å². The molecule has 2 aromatic rings. The molecule has 0 saturated heterocycles. The van der Waals surface area contributed by atoms with Gasteiger partial charge in [-0.2, -0.15) is 0 Å². The fraction of sp³-hybridized carbons (Fsp3) is 0.364. The molecule has 0 atom stereocenters. The summed E-state index contributed by atoms with van der Waals surface area (Å²) in [7, 11) is 3.61. The van der Waals surface area contributed by atoms with Crippen molar-refractivity contribution in [3.8, 4) is 5.75 Å². The minimum Gasteiger partial charge on any atom is -0.497 e. The summed E-state index contributed by atoms with van der Waals surface area (Å²) in [5, 5.41) is 6.14. The summed E-state index contributed by atoms with van der Waals surface area (Å²) in [6.45, 7) is 6.13. The molecule has 150 valence electrons. The number of methoxy groups -OCH3 is 1. The number of ether oxygens (including phenoxy) is 1. The molecular formula is C22H30N4O2. The number of nitrogens with zero attached hydrogens (tertiary/aromatic N) is 2. The Morgan fingerprint density at radius 3 is 2.46 bits per heavy atom. The lowest BCUT2D eigenvalue weighted by atomic mass is 10.1. The summed E-state index contributed by atoms with van der Waals surface area (Å²) in [6, 6.07) is 15.9. The van der Waals surface area contributed by atoms with Crippen molar-refractivity contribution in [1.82, 2.24) is 15.5 Å². The Kier molecular flexibility index (Phi) is 8.34. The van der Waals surface area contributed by atoms with Crippen molar-refractivity contribution in [2.75, 3.05) is 27.2 Å². The highest BCUT2D eigenvalue weighted by atomic mass is 16.5. The predicted octanol–water partition coefficient (Wildman–Crippen LogP) is 2.72. The van der Waals surface area contributed by atoms with Gasteiger partial charge in [-0.25, -0.2) is 4.99 Å². The van der Waals surface area contributed by atoms with Crippen LogP contribution >= 0.6 is 0 Å². The number of aryl methyl sites for hydroxylation is 1. The normalized spacial score (nSPS) is 11.1. The van der Waals surface area contributed by atoms with Gasteiger partial charge in [0.1, 0.15) is 12.3 Å². The first kappa shape index (κ1) is 21.3. The number of benzene rings is 2. The molecule has 0 unspecified atom stereocenters. The molecule has 2 N–H and O–H groups in total. The standard InChI is InChI=1S/C22H30N4O2/c1-5-23-22(26(3)16-19-9-7-6-8-17(19)2)25-15-21(27)24-14-18-10-12-20(28-4)13-11-18/h6-13H,5,14-16H2,1-4H3,(H,23,25)(H,24,27). The Balaban J connectivity index is 1.91. The van der Waals surface area contributed by atoms with Gasteiger partial charge in [0.15, 0.2) is 5.96 Å². The van der Waals surface area contributed by atoms with Crippen LogP contribution < -0.4 is 15.4 Å². The van der Waals surface area contributed by atoms with Gasteiger partial charge in [0.05, 0.1) is 7.11 Å². The van der Waals surface area contributed by atoms with Crippen LogP contribution in [0, 0.1) is 6.92 Å². The fourth-order valence-electron chi connectivity index (χ4n) is 2.73. The van der Waals surface area contributed by atoms with E-state index in [0.29, 0.717) is 12.5 Å². The van der Waals surface area contributed by atoms with Crippen molar-refractivity contribution in [1.29, 1.82) is 0 Å². The quantitative estimate of drug-likeness (QED) is 0.544. The average molecular weight is 383 g/mol. The number of hydrogen-bond acceptors (Lipinski definition) is 3. The summed E-state index contributed by atoms with van der Waals surface area (Å²) in [5.74, 6) is 1.40. The second-order valence-electron chi connectivity index (χ2n) is 6.58. The van der Waals surface area contributed by atoms with Crippen LogP contribution in [0.1, 0.15) is 23.6 Å². The molecule has 6 nitrogen and oxygen atoms in total. The Hall–Kier alpha value is -3.02. The number of amides is 1. The number of carbonyl (C=O) groups is 1. The number of rotatable bonds is 8. The molecule has 0 radical (unpaired) electrons. The number of guanidine groups is 1. The van der Waals surface area contributed by atoms with E-state index in [0.717, 1.165) is 24.4 Å². The first-order valence-corrected chi connectivity index (χ1v) is 9.47. The molecule has 0 aliphatic heterocycles. The Labute approximate surface area is 167 Å². The smallest absolute Gasteiger partial charge is 0.242 e. The van der Waals surface area contributed by atoms with Crippen LogP contribution in [0.5, 0.6) is 5.75 Å². The van der Waals surface area contributed by atoms with Crippen LogP contribution in [0.25, 0.3) is 0 Å². The molecule has 1 amide bonds. The average Bonchev–Trinajstić information content (AvgIpc) is 2.71. The summed E-state index contributed by atoms with van der Waals surface area (Å²) < 4.78 is 5.14. The highest BCUT2D eigenvalue weighted by Crippen LogP contribution is 2.11.